The summed E-state index contributed by atoms with van der Waals surface area (Å²) in [6.45, 7) is 4.56. The van der Waals surface area contributed by atoms with Crippen molar-refractivity contribution < 1.29 is 0 Å². The summed E-state index contributed by atoms with van der Waals surface area (Å²) in [6.07, 6.45) is 10.3. The van der Waals surface area contributed by atoms with Gasteiger partial charge in [-0.2, -0.15) is 0 Å². The Morgan fingerprint density at radius 2 is 1.21 bits per heavy atom. The van der Waals surface area contributed by atoms with Crippen LogP contribution in [0.2, 0.25) is 0 Å². The summed E-state index contributed by atoms with van der Waals surface area (Å²) in [5.41, 5.74) is 5.89. The van der Waals surface area contributed by atoms with Crippen LogP contribution in [0.4, 0.5) is 0 Å². The van der Waals surface area contributed by atoms with Crippen molar-refractivity contribution in [2.24, 2.45) is 5.92 Å². The van der Waals surface area contributed by atoms with Crippen molar-refractivity contribution in [3.05, 3.63) is 82.9 Å². The number of hydrogen-bond donors (Lipinski definition) is 0. The van der Waals surface area contributed by atoms with Crippen molar-refractivity contribution in [2.45, 2.75) is 71.1 Å². The number of rotatable bonds is 6. The molecule has 3 aromatic rings. The molecule has 1 fully saturated rings. The van der Waals surface area contributed by atoms with E-state index in [1.807, 2.05) is 0 Å². The Bertz CT molecular complexity index is 895. The molecule has 0 saturated heterocycles. The monoisotopic (exact) mass is 370 g/mol. The maximum absolute atomic E-state index is 2.40. The zero-order valence-electron chi connectivity index (χ0n) is 17.6. The van der Waals surface area contributed by atoms with Crippen molar-refractivity contribution in [2.75, 3.05) is 0 Å². The lowest BCUT2D eigenvalue weighted by molar-refractivity contribution is 0.319. The zero-order chi connectivity index (χ0) is 19.3. The molecule has 0 bridgehead atoms. The Labute approximate surface area is 171 Å². The zero-order valence-corrected chi connectivity index (χ0v) is 17.6. The van der Waals surface area contributed by atoms with E-state index >= 15 is 0 Å². The fourth-order valence-corrected chi connectivity index (χ4v) is 4.87. The van der Waals surface area contributed by atoms with Crippen molar-refractivity contribution in [3.63, 3.8) is 0 Å². The first kappa shape index (κ1) is 19.2. The molecule has 1 aliphatic carbocycles. The van der Waals surface area contributed by atoms with E-state index in [0.717, 1.165) is 31.1 Å². The minimum atomic E-state index is 0.797. The van der Waals surface area contributed by atoms with Gasteiger partial charge in [0.2, 0.25) is 0 Å². The highest BCUT2D eigenvalue weighted by Crippen LogP contribution is 2.37. The fraction of sp³-hybridized carbons (Fsp3) is 0.429. The van der Waals surface area contributed by atoms with Crippen LogP contribution in [0.1, 0.15) is 74.1 Å². The van der Waals surface area contributed by atoms with Gasteiger partial charge in [-0.3, -0.25) is 0 Å². The summed E-state index contributed by atoms with van der Waals surface area (Å²) in [5, 5.41) is 2.73. The molecule has 0 amide bonds. The molecule has 0 heteroatoms. The van der Waals surface area contributed by atoms with E-state index in [-0.39, 0.29) is 0 Å². The minimum Gasteiger partial charge on any atom is -0.0651 e. The molecular weight excluding hydrogens is 336 g/mol. The molecule has 1 saturated carbocycles. The largest absolute Gasteiger partial charge is 0.0651 e. The molecule has 3 aromatic carbocycles. The number of fused-ring (bicyclic) bond motifs is 1. The molecule has 0 N–H and O–H groups in total. The van der Waals surface area contributed by atoms with Gasteiger partial charge in [-0.05, 0) is 89.8 Å². The minimum absolute atomic E-state index is 0.797. The third kappa shape index (κ3) is 4.49. The molecule has 146 valence electrons. The van der Waals surface area contributed by atoms with Crippen LogP contribution in [0.3, 0.4) is 0 Å². The second-order valence-corrected chi connectivity index (χ2v) is 8.74. The van der Waals surface area contributed by atoms with Crippen molar-refractivity contribution in [1.82, 2.24) is 0 Å². The highest BCUT2D eigenvalue weighted by Gasteiger charge is 2.21. The third-order valence-electron chi connectivity index (χ3n) is 6.95. The molecule has 28 heavy (non-hydrogen) atoms. The SMILES string of the molecule is CCc1ccc2cc(CCc3ccc(C4CCC(CC)CC4)cc3)ccc2c1. The van der Waals surface area contributed by atoms with Gasteiger partial charge >= 0.3 is 0 Å². The second kappa shape index (κ2) is 8.95. The molecule has 4 rings (SSSR count). The Hall–Kier alpha value is -2.08. The molecule has 0 aromatic heterocycles. The summed E-state index contributed by atoms with van der Waals surface area (Å²) >= 11 is 0. The van der Waals surface area contributed by atoms with E-state index in [2.05, 4.69) is 74.5 Å². The molecule has 0 nitrogen and oxygen atoms in total. The number of hydrogen-bond acceptors (Lipinski definition) is 0. The molecular formula is C28H34. The predicted molar refractivity (Wildman–Crippen MR) is 122 cm³/mol. The van der Waals surface area contributed by atoms with Crippen LogP contribution >= 0.6 is 0 Å². The molecule has 0 unspecified atom stereocenters. The van der Waals surface area contributed by atoms with E-state index in [1.165, 1.54) is 59.6 Å². The maximum atomic E-state index is 2.40. The topological polar surface area (TPSA) is 0 Å². The lowest BCUT2D eigenvalue weighted by atomic mass is 9.78. The molecule has 0 radical (unpaired) electrons. The van der Waals surface area contributed by atoms with Gasteiger partial charge in [0.1, 0.15) is 0 Å². The van der Waals surface area contributed by atoms with Crippen molar-refractivity contribution >= 4 is 10.8 Å². The van der Waals surface area contributed by atoms with Crippen LogP contribution in [0.25, 0.3) is 10.8 Å². The van der Waals surface area contributed by atoms with E-state index in [4.69, 9.17) is 0 Å². The van der Waals surface area contributed by atoms with E-state index in [0.29, 0.717) is 0 Å². The number of aryl methyl sites for hydroxylation is 3. The summed E-state index contributed by atoms with van der Waals surface area (Å²) in [6, 6.07) is 23.4. The van der Waals surface area contributed by atoms with Gasteiger partial charge in [-0.1, -0.05) is 80.9 Å². The summed E-state index contributed by atoms with van der Waals surface area (Å²) < 4.78 is 0. The fourth-order valence-electron chi connectivity index (χ4n) is 4.87. The van der Waals surface area contributed by atoms with Gasteiger partial charge in [-0.25, -0.2) is 0 Å². The summed E-state index contributed by atoms with van der Waals surface area (Å²) in [7, 11) is 0. The van der Waals surface area contributed by atoms with Gasteiger partial charge < -0.3 is 0 Å². The standard InChI is InChI=1S/C28H34/c1-3-21-7-13-25(14-8-21)26-15-10-23(11-16-26)5-6-24-12-18-27-19-22(4-2)9-17-28(27)20-24/h9-12,15-21,25H,3-8,13-14H2,1-2H3. The van der Waals surface area contributed by atoms with Gasteiger partial charge in [0, 0.05) is 0 Å². The Morgan fingerprint density at radius 3 is 1.86 bits per heavy atom. The van der Waals surface area contributed by atoms with Gasteiger partial charge in [0.05, 0.1) is 0 Å². The first-order chi connectivity index (χ1) is 13.7. The van der Waals surface area contributed by atoms with Crippen molar-refractivity contribution in [1.29, 1.82) is 0 Å². The van der Waals surface area contributed by atoms with Crippen LogP contribution in [-0.2, 0) is 19.3 Å². The van der Waals surface area contributed by atoms with Crippen LogP contribution < -0.4 is 0 Å². The van der Waals surface area contributed by atoms with Crippen LogP contribution in [0, 0.1) is 5.92 Å². The maximum Gasteiger partial charge on any atom is -0.0162 e. The first-order valence-corrected chi connectivity index (χ1v) is 11.4. The second-order valence-electron chi connectivity index (χ2n) is 8.74. The average Bonchev–Trinajstić information content (AvgIpc) is 2.77. The normalized spacial score (nSPS) is 19.8. The molecule has 0 spiro atoms. The van der Waals surface area contributed by atoms with Gasteiger partial charge in [0.15, 0.2) is 0 Å². The van der Waals surface area contributed by atoms with Crippen molar-refractivity contribution in [3.8, 4) is 0 Å². The predicted octanol–water partition coefficient (Wildman–Crippen LogP) is 7.87. The van der Waals surface area contributed by atoms with E-state index < -0.39 is 0 Å². The molecule has 1 aliphatic rings. The Morgan fingerprint density at radius 1 is 0.643 bits per heavy atom. The quantitative estimate of drug-likeness (QED) is 0.414. The smallest absolute Gasteiger partial charge is 0.0162 e. The summed E-state index contributed by atoms with van der Waals surface area (Å²) in [5.74, 6) is 1.77. The van der Waals surface area contributed by atoms with E-state index in [9.17, 15) is 0 Å². The highest BCUT2D eigenvalue weighted by atomic mass is 14.3. The lowest BCUT2D eigenvalue weighted by Crippen LogP contribution is -2.12. The molecule has 0 heterocycles. The van der Waals surface area contributed by atoms with Crippen LogP contribution in [0.5, 0.6) is 0 Å². The summed E-state index contributed by atoms with van der Waals surface area (Å²) in [4.78, 5) is 0. The molecule has 0 atom stereocenters. The van der Waals surface area contributed by atoms with Gasteiger partial charge in [0.25, 0.3) is 0 Å². The van der Waals surface area contributed by atoms with Gasteiger partial charge in [-0.15, -0.1) is 0 Å². The number of benzene rings is 3. The molecule has 0 aliphatic heterocycles. The Balaban J connectivity index is 1.36. The van der Waals surface area contributed by atoms with Crippen LogP contribution in [-0.4, -0.2) is 0 Å². The first-order valence-electron chi connectivity index (χ1n) is 11.4. The highest BCUT2D eigenvalue weighted by molar-refractivity contribution is 5.83. The lowest BCUT2D eigenvalue weighted by Gasteiger charge is -2.28. The Kier molecular flexibility index (Phi) is 6.15. The average molecular weight is 371 g/mol. The van der Waals surface area contributed by atoms with Crippen LogP contribution in [0.15, 0.2) is 60.7 Å². The third-order valence-corrected chi connectivity index (χ3v) is 6.95. The van der Waals surface area contributed by atoms with E-state index in [1.54, 1.807) is 5.56 Å².